The van der Waals surface area contributed by atoms with Crippen molar-refractivity contribution in [1.29, 1.82) is 0 Å². The van der Waals surface area contributed by atoms with E-state index in [1.165, 1.54) is 115 Å². The largest absolute Gasteiger partial charge is 0.309 e. The molecular weight excluding hydrogens is 1150 g/mol. The van der Waals surface area contributed by atoms with Crippen molar-refractivity contribution in [2.75, 3.05) is 0 Å². The molecule has 2 aliphatic carbocycles. The Morgan fingerprint density at radius 3 is 1.20 bits per heavy atom. The summed E-state index contributed by atoms with van der Waals surface area (Å²) in [5, 5.41) is 12.0. The van der Waals surface area contributed by atoms with Crippen molar-refractivity contribution in [2.45, 2.75) is 0 Å². The number of nitrogens with zero attached hydrogens (tertiary/aromatic N) is 3. The third-order valence-corrected chi connectivity index (χ3v) is 19.7. The minimum Gasteiger partial charge on any atom is -0.309 e. The van der Waals surface area contributed by atoms with E-state index in [4.69, 9.17) is 9.97 Å². The van der Waals surface area contributed by atoms with Gasteiger partial charge < -0.3 is 4.57 Å². The molecule has 19 rings (SSSR count). The molecule has 0 radical (unpaired) electrons. The normalized spacial score (nSPS) is 12.9. The molecule has 3 heterocycles. The first-order chi connectivity index (χ1) is 47.1. The maximum Gasteiger partial charge on any atom is 0.0715 e. The van der Waals surface area contributed by atoms with Gasteiger partial charge in [-0.3, -0.25) is 4.98 Å². The highest BCUT2D eigenvalue weighted by Gasteiger charge is 2.42. The van der Waals surface area contributed by atoms with Gasteiger partial charge in [0.1, 0.15) is 0 Å². The van der Waals surface area contributed by atoms with Gasteiger partial charge >= 0.3 is 0 Å². The SMILES string of the molecule is c1ccc(-c2cc(-c3cc4c(cc3-c3ccc(-n5c6ccccc6c6ccccc65)cc3)C(c3cccc5cc6ccccc6cc35)=C3C4=C(c4cc(-c5ccccc5)nc(-c5ccccc5)c4)C(c4cccc5ccccc45)=C3c3cccc4ccccc34)ccn2)cc1. The van der Waals surface area contributed by atoms with Gasteiger partial charge in [0.2, 0.25) is 0 Å². The fourth-order valence-electron chi connectivity index (χ4n) is 15.5. The summed E-state index contributed by atoms with van der Waals surface area (Å²) in [5.74, 6) is 0. The maximum atomic E-state index is 5.59. The van der Waals surface area contributed by atoms with Crippen molar-refractivity contribution in [3.8, 4) is 61.7 Å². The van der Waals surface area contributed by atoms with Crippen LogP contribution in [0.4, 0.5) is 0 Å². The first kappa shape index (κ1) is 54.2. The van der Waals surface area contributed by atoms with Crippen molar-refractivity contribution in [3.05, 3.63) is 385 Å². The number of aromatic nitrogens is 3. The van der Waals surface area contributed by atoms with Crippen LogP contribution in [0.3, 0.4) is 0 Å². The van der Waals surface area contributed by atoms with E-state index in [1.54, 1.807) is 0 Å². The zero-order valence-electron chi connectivity index (χ0n) is 51.8. The number of benzene rings is 14. The predicted molar refractivity (Wildman–Crippen MR) is 399 cm³/mol. The van der Waals surface area contributed by atoms with Crippen LogP contribution in [0.25, 0.3) is 154 Å². The van der Waals surface area contributed by atoms with Crippen LogP contribution in [0.5, 0.6) is 0 Å². The van der Waals surface area contributed by atoms with E-state index in [0.717, 1.165) is 78.4 Å². The molecule has 95 heavy (non-hydrogen) atoms. The summed E-state index contributed by atoms with van der Waals surface area (Å²) in [6.07, 6.45) is 1.99. The van der Waals surface area contributed by atoms with Gasteiger partial charge in [-0.05, 0) is 205 Å². The lowest BCUT2D eigenvalue weighted by molar-refractivity contribution is 1.18. The van der Waals surface area contributed by atoms with E-state index < -0.39 is 0 Å². The lowest BCUT2D eigenvalue weighted by Crippen LogP contribution is -2.00. The molecule has 0 aliphatic heterocycles. The Labute approximate surface area is 550 Å². The summed E-state index contributed by atoms with van der Waals surface area (Å²) in [7, 11) is 0. The first-order valence-corrected chi connectivity index (χ1v) is 32.7. The third kappa shape index (κ3) is 8.89. The topological polar surface area (TPSA) is 30.7 Å². The lowest BCUT2D eigenvalue weighted by Gasteiger charge is -2.21. The molecule has 0 unspecified atom stereocenters. The Balaban J connectivity index is 0.992. The third-order valence-electron chi connectivity index (χ3n) is 19.7. The van der Waals surface area contributed by atoms with Gasteiger partial charge in [-0.15, -0.1) is 0 Å². The number of hydrogen-bond acceptors (Lipinski definition) is 2. The summed E-state index contributed by atoms with van der Waals surface area (Å²) in [5.41, 5.74) is 27.8. The Bertz CT molecular complexity index is 5990. The molecule has 2 aliphatic rings. The molecule has 0 N–H and O–H groups in total. The van der Waals surface area contributed by atoms with E-state index in [2.05, 4.69) is 344 Å². The van der Waals surface area contributed by atoms with E-state index in [-0.39, 0.29) is 0 Å². The molecule has 3 aromatic heterocycles. The van der Waals surface area contributed by atoms with Gasteiger partial charge in [-0.1, -0.05) is 267 Å². The van der Waals surface area contributed by atoms with Crippen LogP contribution < -0.4 is 0 Å². The molecule has 17 aromatic rings. The molecule has 0 atom stereocenters. The van der Waals surface area contributed by atoms with Gasteiger partial charge in [0.25, 0.3) is 0 Å². The smallest absolute Gasteiger partial charge is 0.0715 e. The van der Waals surface area contributed by atoms with Crippen LogP contribution in [0.2, 0.25) is 0 Å². The molecule has 440 valence electrons. The molecule has 3 nitrogen and oxygen atoms in total. The highest BCUT2D eigenvalue weighted by atomic mass is 15.0. The van der Waals surface area contributed by atoms with Crippen molar-refractivity contribution in [3.63, 3.8) is 0 Å². The minimum absolute atomic E-state index is 0.904. The first-order valence-electron chi connectivity index (χ1n) is 32.7. The molecule has 0 saturated heterocycles. The zero-order chi connectivity index (χ0) is 62.5. The molecule has 0 spiro atoms. The Hall–Kier alpha value is -12.6. The summed E-state index contributed by atoms with van der Waals surface area (Å²) >= 11 is 0. The molecular formula is C92H57N3. The highest BCUT2D eigenvalue weighted by Crippen LogP contribution is 2.64. The van der Waals surface area contributed by atoms with Crippen LogP contribution in [0, 0.1) is 0 Å². The van der Waals surface area contributed by atoms with Gasteiger partial charge in [0.05, 0.1) is 28.1 Å². The standard InChI is InChI=1S/C92H57N3/c1-4-25-61(26-5-1)82-53-67(49-50-93-82)79-57-81-80(56-78(79)60-45-47-69(48-46-60)95-85-43-18-16-38-72(85)73-39-17-19-44-86(73)95)88(76-42-22-35-66-51-64-31-10-11-32-65(64)52-77(66)76)92-90(75-41-21-34-59-24-13-15-37-71(59)75)89(74-40-20-33-58-23-12-14-36-70(58)74)87(91(81)92)68-54-83(62-27-6-2-7-28-62)94-84(55-68)63-29-8-3-9-30-63/h1-57H. The second-order valence-corrected chi connectivity index (χ2v) is 25.0. The average molecular weight is 1200 g/mol. The highest BCUT2D eigenvalue weighted by molar-refractivity contribution is 6.42. The predicted octanol–water partition coefficient (Wildman–Crippen LogP) is 23.9. The molecule has 14 aromatic carbocycles. The van der Waals surface area contributed by atoms with Crippen LogP contribution in [0.15, 0.2) is 351 Å². The number of fused-ring (bicyclic) bond motifs is 10. The number of pyridine rings is 2. The zero-order valence-corrected chi connectivity index (χ0v) is 51.8. The Morgan fingerprint density at radius 1 is 0.200 bits per heavy atom. The summed E-state index contributed by atoms with van der Waals surface area (Å²) in [6, 6.07) is 125. The molecule has 0 fully saturated rings. The van der Waals surface area contributed by atoms with E-state index >= 15 is 0 Å². The maximum absolute atomic E-state index is 5.59. The number of para-hydroxylation sites is 2. The Kier molecular flexibility index (Phi) is 12.6. The summed E-state index contributed by atoms with van der Waals surface area (Å²) in [4.78, 5) is 10.7. The minimum atomic E-state index is 0.904. The van der Waals surface area contributed by atoms with E-state index in [0.29, 0.717) is 0 Å². The number of allylic oxidation sites excluding steroid dienone is 5. The van der Waals surface area contributed by atoms with Crippen LogP contribution >= 0.6 is 0 Å². The fraction of sp³-hybridized carbons (Fsp3) is 0. The van der Waals surface area contributed by atoms with Crippen LogP contribution in [0.1, 0.15) is 33.4 Å². The van der Waals surface area contributed by atoms with Crippen LogP contribution in [-0.2, 0) is 0 Å². The van der Waals surface area contributed by atoms with Gasteiger partial charge in [0, 0.05) is 39.3 Å². The van der Waals surface area contributed by atoms with Gasteiger partial charge in [-0.2, -0.15) is 0 Å². The number of rotatable bonds is 10. The number of hydrogen-bond donors (Lipinski definition) is 0. The molecule has 3 heteroatoms. The summed E-state index contributed by atoms with van der Waals surface area (Å²) in [6.45, 7) is 0. The average Bonchev–Trinajstić information content (AvgIpc) is 1.52. The van der Waals surface area contributed by atoms with Crippen molar-refractivity contribution >= 4 is 92.8 Å². The summed E-state index contributed by atoms with van der Waals surface area (Å²) < 4.78 is 2.41. The molecule has 0 saturated carbocycles. The van der Waals surface area contributed by atoms with E-state index in [1.807, 2.05) is 6.20 Å². The second-order valence-electron chi connectivity index (χ2n) is 25.0. The van der Waals surface area contributed by atoms with Crippen molar-refractivity contribution in [1.82, 2.24) is 14.5 Å². The Morgan fingerprint density at radius 2 is 0.621 bits per heavy atom. The molecule has 0 amide bonds. The molecule has 0 bridgehead atoms. The monoisotopic (exact) mass is 1200 g/mol. The quantitative estimate of drug-likeness (QED) is 0.128. The van der Waals surface area contributed by atoms with Crippen LogP contribution in [-0.4, -0.2) is 14.5 Å². The van der Waals surface area contributed by atoms with Crippen molar-refractivity contribution in [2.24, 2.45) is 0 Å². The van der Waals surface area contributed by atoms with Crippen molar-refractivity contribution < 1.29 is 0 Å². The van der Waals surface area contributed by atoms with Gasteiger partial charge in [-0.25, -0.2) is 4.98 Å². The lowest BCUT2D eigenvalue weighted by atomic mass is 9.82. The fourth-order valence-corrected chi connectivity index (χ4v) is 15.5. The van der Waals surface area contributed by atoms with E-state index in [9.17, 15) is 0 Å². The van der Waals surface area contributed by atoms with Gasteiger partial charge in [0.15, 0.2) is 0 Å². The second kappa shape index (κ2) is 22.1.